The minimum atomic E-state index is 0.517. The first-order valence-electron chi connectivity index (χ1n) is 8.24. The molecule has 0 aliphatic rings. The quantitative estimate of drug-likeness (QED) is 0.723. The van der Waals surface area contributed by atoms with Crippen LogP contribution in [0.15, 0.2) is 48.5 Å². The average Bonchev–Trinajstić information content (AvgIpc) is 2.88. The van der Waals surface area contributed by atoms with Crippen molar-refractivity contribution in [3.05, 3.63) is 54.1 Å². The number of ether oxygens (including phenoxy) is 2. The van der Waals surface area contributed by atoms with Gasteiger partial charge >= 0.3 is 0 Å². The molecule has 0 aliphatic carbocycles. The van der Waals surface area contributed by atoms with Crippen LogP contribution in [0.5, 0.6) is 11.5 Å². The molecule has 3 aromatic rings. The zero-order valence-corrected chi connectivity index (χ0v) is 14.2. The van der Waals surface area contributed by atoms with Gasteiger partial charge in [0.2, 0.25) is 5.62 Å². The second kappa shape index (κ2) is 7.25. The first kappa shape index (κ1) is 16.2. The van der Waals surface area contributed by atoms with E-state index in [-0.39, 0.29) is 0 Å². The van der Waals surface area contributed by atoms with Crippen LogP contribution in [-0.2, 0) is 13.1 Å². The lowest BCUT2D eigenvalue weighted by molar-refractivity contribution is 0.296. The van der Waals surface area contributed by atoms with Crippen LogP contribution in [0.2, 0.25) is 0 Å². The maximum Gasteiger partial charge on any atom is 0.203 e. The highest BCUT2D eigenvalue weighted by Gasteiger charge is 2.09. The number of rotatable bonds is 7. The molecule has 0 atom stereocenters. The Bertz CT molecular complexity index is 862. The van der Waals surface area contributed by atoms with E-state index in [2.05, 4.69) is 23.6 Å². The predicted molar refractivity (Wildman–Crippen MR) is 94.6 cm³/mol. The Morgan fingerprint density at radius 2 is 1.46 bits per heavy atom. The number of aryl methyl sites for hydroxylation is 1. The molecule has 0 saturated carbocycles. The fraction of sp³-hybridized carbons (Fsp3) is 0.316. The van der Waals surface area contributed by atoms with Crippen LogP contribution in [0.25, 0.3) is 11.0 Å². The molecule has 1 heterocycles. The fourth-order valence-electron chi connectivity index (χ4n) is 2.90. The number of hydrogen-bond donors (Lipinski definition) is 1. The van der Waals surface area contributed by atoms with Gasteiger partial charge in [0, 0.05) is 6.54 Å². The van der Waals surface area contributed by atoms with E-state index in [1.807, 2.05) is 41.0 Å². The third kappa shape index (κ3) is 3.15. The van der Waals surface area contributed by atoms with E-state index in [1.54, 1.807) is 7.11 Å². The van der Waals surface area contributed by atoms with Crippen LogP contribution in [0.4, 0.5) is 0 Å². The summed E-state index contributed by atoms with van der Waals surface area (Å²) in [4.78, 5) is 0. The van der Waals surface area contributed by atoms with Crippen molar-refractivity contribution >= 4 is 11.0 Å². The van der Waals surface area contributed by atoms with Crippen LogP contribution in [0, 0.1) is 5.41 Å². The Kier molecular flexibility index (Phi) is 4.89. The van der Waals surface area contributed by atoms with Crippen LogP contribution in [0.1, 0.15) is 13.3 Å². The number of aromatic nitrogens is 2. The molecule has 24 heavy (non-hydrogen) atoms. The minimum absolute atomic E-state index is 0.517. The van der Waals surface area contributed by atoms with E-state index in [4.69, 9.17) is 14.9 Å². The largest absolute Gasteiger partial charge is 0.497 e. The van der Waals surface area contributed by atoms with Crippen molar-refractivity contribution in [3.8, 4) is 11.5 Å². The van der Waals surface area contributed by atoms with Gasteiger partial charge in [0.15, 0.2) is 0 Å². The Morgan fingerprint density at radius 3 is 2.04 bits per heavy atom. The average molecular weight is 325 g/mol. The molecule has 0 fully saturated rings. The maximum atomic E-state index is 8.47. The maximum absolute atomic E-state index is 8.47. The summed E-state index contributed by atoms with van der Waals surface area (Å²) in [7, 11) is 1.65. The van der Waals surface area contributed by atoms with Crippen LogP contribution < -0.4 is 15.1 Å². The van der Waals surface area contributed by atoms with Crippen molar-refractivity contribution in [3.63, 3.8) is 0 Å². The Balaban J connectivity index is 1.77. The molecule has 5 heteroatoms. The van der Waals surface area contributed by atoms with Gasteiger partial charge in [-0.15, -0.1) is 0 Å². The van der Waals surface area contributed by atoms with Crippen LogP contribution in [0.3, 0.4) is 0 Å². The lowest BCUT2D eigenvalue weighted by atomic mass is 10.3. The summed E-state index contributed by atoms with van der Waals surface area (Å²) in [5, 5.41) is 8.47. The molecule has 1 N–H and O–H groups in total. The minimum Gasteiger partial charge on any atom is -0.497 e. The molecule has 0 spiro atoms. The molecule has 2 aromatic carbocycles. The van der Waals surface area contributed by atoms with Gasteiger partial charge in [-0.1, -0.05) is 19.1 Å². The topological polar surface area (TPSA) is 52.2 Å². The van der Waals surface area contributed by atoms with Crippen molar-refractivity contribution in [2.75, 3.05) is 13.7 Å². The fourth-order valence-corrected chi connectivity index (χ4v) is 2.90. The number of imidazole rings is 1. The summed E-state index contributed by atoms with van der Waals surface area (Å²) in [6, 6.07) is 15.7. The molecular formula is C19H23N3O2. The highest BCUT2D eigenvalue weighted by Crippen LogP contribution is 2.17. The highest BCUT2D eigenvalue weighted by molar-refractivity contribution is 5.75. The zero-order chi connectivity index (χ0) is 16.9. The van der Waals surface area contributed by atoms with Gasteiger partial charge in [-0.25, -0.2) is 0 Å². The van der Waals surface area contributed by atoms with Crippen molar-refractivity contribution in [2.45, 2.75) is 26.4 Å². The molecule has 0 aliphatic heterocycles. The van der Waals surface area contributed by atoms with Crippen LogP contribution in [-0.4, -0.2) is 22.9 Å². The Hall–Kier alpha value is -2.69. The van der Waals surface area contributed by atoms with E-state index in [1.165, 1.54) is 0 Å². The smallest absolute Gasteiger partial charge is 0.203 e. The normalized spacial score (nSPS) is 10.9. The number of para-hydroxylation sites is 2. The number of benzene rings is 2. The molecule has 0 saturated heterocycles. The number of nitrogens with one attached hydrogen (secondary N) is 1. The molecule has 126 valence electrons. The number of nitrogens with zero attached hydrogens (tertiary/aromatic N) is 2. The summed E-state index contributed by atoms with van der Waals surface area (Å²) < 4.78 is 15.0. The highest BCUT2D eigenvalue weighted by atomic mass is 16.5. The van der Waals surface area contributed by atoms with Crippen molar-refractivity contribution in [1.29, 1.82) is 5.41 Å². The van der Waals surface area contributed by atoms with E-state index < -0.39 is 0 Å². The third-order valence-electron chi connectivity index (χ3n) is 4.06. The van der Waals surface area contributed by atoms with E-state index >= 15 is 0 Å². The molecular weight excluding hydrogens is 302 g/mol. The summed E-state index contributed by atoms with van der Waals surface area (Å²) in [5.74, 6) is 1.62. The van der Waals surface area contributed by atoms with E-state index in [9.17, 15) is 0 Å². The van der Waals surface area contributed by atoms with Gasteiger partial charge in [-0.2, -0.15) is 0 Å². The molecule has 1 aromatic heterocycles. The Labute approximate surface area is 141 Å². The molecule has 0 amide bonds. The first-order chi connectivity index (χ1) is 11.7. The predicted octanol–water partition coefficient (Wildman–Crippen LogP) is 3.42. The van der Waals surface area contributed by atoms with Gasteiger partial charge in [0.1, 0.15) is 18.1 Å². The summed E-state index contributed by atoms with van der Waals surface area (Å²) in [5.41, 5.74) is 2.71. The number of hydrogen-bond acceptors (Lipinski definition) is 3. The van der Waals surface area contributed by atoms with Gasteiger partial charge in [0.25, 0.3) is 0 Å². The van der Waals surface area contributed by atoms with E-state index in [0.717, 1.165) is 35.5 Å². The molecule has 0 bridgehead atoms. The van der Waals surface area contributed by atoms with Crippen molar-refractivity contribution in [1.82, 2.24) is 9.13 Å². The number of methoxy groups -OCH3 is 1. The first-order valence-corrected chi connectivity index (χ1v) is 8.24. The van der Waals surface area contributed by atoms with E-state index in [0.29, 0.717) is 18.8 Å². The van der Waals surface area contributed by atoms with Crippen molar-refractivity contribution < 1.29 is 9.47 Å². The lowest BCUT2D eigenvalue weighted by Crippen LogP contribution is -2.26. The lowest BCUT2D eigenvalue weighted by Gasteiger charge is -2.08. The molecule has 5 nitrogen and oxygen atoms in total. The molecule has 0 radical (unpaired) electrons. The summed E-state index contributed by atoms with van der Waals surface area (Å²) in [6.07, 6.45) is 1.01. The van der Waals surface area contributed by atoms with Gasteiger partial charge < -0.3 is 18.6 Å². The SMILES string of the molecule is CCCn1c(=N)n(CCOc2ccc(OC)cc2)c2ccccc21. The van der Waals surface area contributed by atoms with Gasteiger partial charge in [-0.05, 0) is 42.8 Å². The summed E-state index contributed by atoms with van der Waals surface area (Å²) in [6.45, 7) is 4.14. The summed E-state index contributed by atoms with van der Waals surface area (Å²) >= 11 is 0. The Morgan fingerprint density at radius 1 is 0.875 bits per heavy atom. The zero-order valence-electron chi connectivity index (χ0n) is 14.2. The number of fused-ring (bicyclic) bond motifs is 1. The monoisotopic (exact) mass is 325 g/mol. The van der Waals surface area contributed by atoms with Crippen LogP contribution >= 0.6 is 0 Å². The second-order valence-electron chi connectivity index (χ2n) is 5.64. The standard InChI is InChI=1S/C19H23N3O2/c1-3-12-21-17-6-4-5-7-18(17)22(19(21)20)13-14-24-16-10-8-15(23-2)9-11-16/h4-11,20H,3,12-14H2,1-2H3. The third-order valence-corrected chi connectivity index (χ3v) is 4.06. The second-order valence-corrected chi connectivity index (χ2v) is 5.64. The molecule has 3 rings (SSSR count). The molecule has 0 unspecified atom stereocenters. The van der Waals surface area contributed by atoms with Crippen molar-refractivity contribution in [2.24, 2.45) is 0 Å². The van der Waals surface area contributed by atoms with Gasteiger partial charge in [0.05, 0.1) is 24.7 Å². The van der Waals surface area contributed by atoms with Gasteiger partial charge in [-0.3, -0.25) is 5.41 Å².